The highest BCUT2D eigenvalue weighted by Crippen LogP contribution is 2.21. The van der Waals surface area contributed by atoms with Crippen LogP contribution in [0.5, 0.6) is 0 Å². The maximum Gasteiger partial charge on any atom is 0.238 e. The van der Waals surface area contributed by atoms with Crippen molar-refractivity contribution in [2.45, 2.75) is 83.7 Å². The summed E-state index contributed by atoms with van der Waals surface area (Å²) in [4.78, 5) is 17.0. The highest BCUT2D eigenvalue weighted by atomic mass is 32.2. The maximum absolute atomic E-state index is 12.3. The van der Waals surface area contributed by atoms with Crippen LogP contribution >= 0.6 is 0 Å². The normalized spacial score (nSPS) is 13.2. The van der Waals surface area contributed by atoms with Crippen molar-refractivity contribution in [2.75, 3.05) is 0 Å². The van der Waals surface area contributed by atoms with E-state index in [-0.39, 0.29) is 16.8 Å². The summed E-state index contributed by atoms with van der Waals surface area (Å²) in [6, 6.07) is 4.89. The van der Waals surface area contributed by atoms with Crippen LogP contribution in [0.15, 0.2) is 23.1 Å². The van der Waals surface area contributed by atoms with Crippen LogP contribution in [0.4, 0.5) is 0 Å². The van der Waals surface area contributed by atoms with E-state index in [4.69, 9.17) is 5.14 Å². The van der Waals surface area contributed by atoms with Gasteiger partial charge in [-0.05, 0) is 43.9 Å². The number of primary sulfonamides is 1. The molecule has 0 aliphatic carbocycles. The first-order valence-electron chi connectivity index (χ1n) is 10.4. The van der Waals surface area contributed by atoms with Gasteiger partial charge in [0, 0.05) is 25.4 Å². The molecule has 3 N–H and O–H groups in total. The van der Waals surface area contributed by atoms with E-state index in [2.05, 4.69) is 35.6 Å². The molecule has 29 heavy (non-hydrogen) atoms. The summed E-state index contributed by atoms with van der Waals surface area (Å²) >= 11 is 0. The Morgan fingerprint density at radius 3 is 2.59 bits per heavy atom. The lowest BCUT2D eigenvalue weighted by molar-refractivity contribution is -0.121. The first-order valence-corrected chi connectivity index (χ1v) is 12.0. The van der Waals surface area contributed by atoms with Crippen molar-refractivity contribution < 1.29 is 13.2 Å². The zero-order chi connectivity index (χ0) is 21.6. The average molecular weight is 423 g/mol. The third kappa shape index (κ3) is 6.82. The minimum Gasteiger partial charge on any atom is -0.354 e. The van der Waals surface area contributed by atoms with Gasteiger partial charge in [0.1, 0.15) is 5.82 Å². The predicted molar refractivity (Wildman–Crippen MR) is 116 cm³/mol. The SMILES string of the molecule is CCCn1c(CCC(=O)NC(C)CCCC(C)C)nc2cc(S(N)(=O)=O)ccc21. The van der Waals surface area contributed by atoms with Crippen LogP contribution in [0, 0.1) is 5.92 Å². The number of nitrogens with zero attached hydrogens (tertiary/aromatic N) is 2. The number of aryl methyl sites for hydroxylation is 2. The molecule has 8 heteroatoms. The summed E-state index contributed by atoms with van der Waals surface area (Å²) in [5, 5.41) is 8.30. The number of sulfonamides is 1. The number of imidazole rings is 1. The van der Waals surface area contributed by atoms with E-state index in [1.165, 1.54) is 18.6 Å². The Bertz CT molecular complexity index is 935. The molecular formula is C21H34N4O3S. The quantitative estimate of drug-likeness (QED) is 0.579. The molecule has 2 rings (SSSR count). The molecule has 0 fully saturated rings. The van der Waals surface area contributed by atoms with Crippen molar-refractivity contribution in [2.24, 2.45) is 11.1 Å². The smallest absolute Gasteiger partial charge is 0.238 e. The van der Waals surface area contributed by atoms with E-state index in [0.29, 0.717) is 24.3 Å². The number of benzene rings is 1. The Hall–Kier alpha value is -1.93. The van der Waals surface area contributed by atoms with Crippen molar-refractivity contribution in [3.63, 3.8) is 0 Å². The zero-order valence-corrected chi connectivity index (χ0v) is 18.8. The van der Waals surface area contributed by atoms with Gasteiger partial charge < -0.3 is 9.88 Å². The molecule has 1 aromatic heterocycles. The summed E-state index contributed by atoms with van der Waals surface area (Å²) < 4.78 is 25.3. The Balaban J connectivity index is 2.06. The summed E-state index contributed by atoms with van der Waals surface area (Å²) in [5.74, 6) is 1.48. The number of carbonyl (C=O) groups is 1. The van der Waals surface area contributed by atoms with Crippen LogP contribution in [0.1, 0.15) is 65.6 Å². The number of nitrogens with two attached hydrogens (primary N) is 1. The minimum atomic E-state index is -3.78. The summed E-state index contributed by atoms with van der Waals surface area (Å²) in [5.41, 5.74) is 1.44. The molecule has 0 bridgehead atoms. The van der Waals surface area contributed by atoms with E-state index >= 15 is 0 Å². The second kappa shape index (κ2) is 10.2. The van der Waals surface area contributed by atoms with E-state index in [9.17, 15) is 13.2 Å². The molecule has 2 aromatic rings. The molecule has 1 aromatic carbocycles. The molecule has 0 saturated heterocycles. The summed E-state index contributed by atoms with van der Waals surface area (Å²) in [7, 11) is -3.78. The van der Waals surface area contributed by atoms with Crippen LogP contribution in [-0.4, -0.2) is 29.9 Å². The van der Waals surface area contributed by atoms with Crippen molar-refractivity contribution in [1.29, 1.82) is 0 Å². The highest BCUT2D eigenvalue weighted by Gasteiger charge is 2.16. The second-order valence-electron chi connectivity index (χ2n) is 8.17. The molecular weight excluding hydrogens is 388 g/mol. The number of amides is 1. The van der Waals surface area contributed by atoms with E-state index in [1.807, 2.05) is 6.92 Å². The molecule has 0 aliphatic heterocycles. The third-order valence-electron chi connectivity index (χ3n) is 4.98. The van der Waals surface area contributed by atoms with Crippen molar-refractivity contribution in [3.05, 3.63) is 24.0 Å². The summed E-state index contributed by atoms with van der Waals surface area (Å²) in [6.07, 6.45) is 5.02. The maximum atomic E-state index is 12.3. The van der Waals surface area contributed by atoms with Gasteiger partial charge in [0.25, 0.3) is 0 Å². The topological polar surface area (TPSA) is 107 Å². The lowest BCUT2D eigenvalue weighted by atomic mass is 10.0. The van der Waals surface area contributed by atoms with Gasteiger partial charge in [0.05, 0.1) is 15.9 Å². The van der Waals surface area contributed by atoms with Gasteiger partial charge in [-0.15, -0.1) is 0 Å². The lowest BCUT2D eigenvalue weighted by Gasteiger charge is -2.14. The van der Waals surface area contributed by atoms with Gasteiger partial charge in [-0.1, -0.05) is 33.6 Å². The monoisotopic (exact) mass is 422 g/mol. The Morgan fingerprint density at radius 1 is 1.24 bits per heavy atom. The van der Waals surface area contributed by atoms with Gasteiger partial charge in [-0.3, -0.25) is 4.79 Å². The first-order chi connectivity index (χ1) is 13.6. The molecule has 7 nitrogen and oxygen atoms in total. The number of rotatable bonds is 11. The first kappa shape index (κ1) is 23.3. The Morgan fingerprint density at radius 2 is 1.97 bits per heavy atom. The number of hydrogen-bond acceptors (Lipinski definition) is 4. The molecule has 0 spiro atoms. The molecule has 0 saturated carbocycles. The molecule has 0 aliphatic rings. The largest absolute Gasteiger partial charge is 0.354 e. The second-order valence-corrected chi connectivity index (χ2v) is 9.73. The van der Waals surface area contributed by atoms with E-state index in [1.54, 1.807) is 6.07 Å². The summed E-state index contributed by atoms with van der Waals surface area (Å²) in [6.45, 7) is 9.28. The van der Waals surface area contributed by atoms with Crippen LogP contribution in [0.3, 0.4) is 0 Å². The Labute approximate surface area is 174 Å². The van der Waals surface area contributed by atoms with Crippen molar-refractivity contribution in [3.8, 4) is 0 Å². The number of nitrogens with one attached hydrogen (secondary N) is 1. The minimum absolute atomic E-state index is 0.0161. The number of carbonyl (C=O) groups excluding carboxylic acids is 1. The number of fused-ring (bicyclic) bond motifs is 1. The lowest BCUT2D eigenvalue weighted by Crippen LogP contribution is -2.32. The van der Waals surface area contributed by atoms with Crippen molar-refractivity contribution >= 4 is 27.0 Å². The van der Waals surface area contributed by atoms with E-state index in [0.717, 1.165) is 37.1 Å². The van der Waals surface area contributed by atoms with Crippen molar-refractivity contribution in [1.82, 2.24) is 14.9 Å². The van der Waals surface area contributed by atoms with E-state index < -0.39 is 10.0 Å². The molecule has 162 valence electrons. The molecule has 1 unspecified atom stereocenters. The van der Waals surface area contributed by atoms with Gasteiger partial charge in [-0.25, -0.2) is 18.5 Å². The van der Waals surface area contributed by atoms with Gasteiger partial charge >= 0.3 is 0 Å². The Kier molecular flexibility index (Phi) is 8.22. The third-order valence-corrected chi connectivity index (χ3v) is 5.89. The van der Waals surface area contributed by atoms with Gasteiger partial charge in [-0.2, -0.15) is 0 Å². The van der Waals surface area contributed by atoms with Crippen LogP contribution < -0.4 is 10.5 Å². The standard InChI is InChI=1S/C21H34N4O3S/c1-5-13-25-19-10-9-17(29(22,27)28)14-18(19)24-20(25)11-12-21(26)23-16(4)8-6-7-15(2)3/h9-10,14-16H,5-8,11-13H2,1-4H3,(H,23,26)(H2,22,27,28). The molecule has 1 heterocycles. The van der Waals surface area contributed by atoms with Gasteiger partial charge in [0.15, 0.2) is 0 Å². The number of hydrogen-bond donors (Lipinski definition) is 2. The van der Waals surface area contributed by atoms with Crippen LogP contribution in [-0.2, 0) is 27.8 Å². The van der Waals surface area contributed by atoms with Crippen LogP contribution in [0.2, 0.25) is 0 Å². The highest BCUT2D eigenvalue weighted by molar-refractivity contribution is 7.89. The number of aromatic nitrogens is 2. The fourth-order valence-electron chi connectivity index (χ4n) is 3.48. The van der Waals surface area contributed by atoms with Gasteiger partial charge in [0.2, 0.25) is 15.9 Å². The van der Waals surface area contributed by atoms with Crippen LogP contribution in [0.25, 0.3) is 11.0 Å². The predicted octanol–water partition coefficient (Wildman–Crippen LogP) is 3.36. The average Bonchev–Trinajstić information content (AvgIpc) is 2.96. The molecule has 0 radical (unpaired) electrons. The zero-order valence-electron chi connectivity index (χ0n) is 17.9. The molecule has 1 amide bonds. The molecule has 1 atom stereocenters. The fourth-order valence-corrected chi connectivity index (χ4v) is 4.01. The fraction of sp³-hybridized carbons (Fsp3) is 0.619.